The van der Waals surface area contributed by atoms with Gasteiger partial charge in [-0.3, -0.25) is 4.79 Å². The van der Waals surface area contributed by atoms with Gasteiger partial charge in [-0.15, -0.1) is 0 Å². The van der Waals surface area contributed by atoms with Crippen LogP contribution in [-0.4, -0.2) is 35.6 Å². The number of nitrogens with zero attached hydrogens (tertiary/aromatic N) is 1. The summed E-state index contributed by atoms with van der Waals surface area (Å²) in [6.45, 7) is 0.183. The zero-order chi connectivity index (χ0) is 24.0. The number of hydrogen-bond donors (Lipinski definition) is 3. The highest BCUT2D eigenvalue weighted by atomic mass is 16.5. The maximum atomic E-state index is 13.0. The molecule has 0 aliphatic heterocycles. The van der Waals surface area contributed by atoms with Crippen molar-refractivity contribution in [3.63, 3.8) is 0 Å². The number of imidazole rings is 1. The van der Waals surface area contributed by atoms with Crippen LogP contribution in [0.3, 0.4) is 0 Å². The van der Waals surface area contributed by atoms with Crippen molar-refractivity contribution in [2.24, 2.45) is 29.6 Å². The molecular weight excluding hydrogens is 440 g/mol. The summed E-state index contributed by atoms with van der Waals surface area (Å²) in [5.74, 6) is 4.77. The Morgan fingerprint density at radius 3 is 2.57 bits per heavy atom. The highest BCUT2D eigenvalue weighted by Crippen LogP contribution is 2.57. The molecule has 4 bridgehead atoms. The van der Waals surface area contributed by atoms with Crippen LogP contribution in [0.1, 0.15) is 50.8 Å². The van der Waals surface area contributed by atoms with Gasteiger partial charge in [-0.05, 0) is 86.3 Å². The topological polar surface area (TPSA) is 96.1 Å². The fourth-order valence-electron chi connectivity index (χ4n) is 7.40. The Balaban J connectivity index is 1.17. The summed E-state index contributed by atoms with van der Waals surface area (Å²) in [6, 6.07) is 5.81. The van der Waals surface area contributed by atoms with E-state index in [0.717, 1.165) is 46.2 Å². The average Bonchev–Trinajstić information content (AvgIpc) is 3.29. The van der Waals surface area contributed by atoms with Crippen LogP contribution in [0.2, 0.25) is 0 Å². The summed E-state index contributed by atoms with van der Waals surface area (Å²) < 4.78 is 5.42. The van der Waals surface area contributed by atoms with Gasteiger partial charge in [-0.2, -0.15) is 0 Å². The van der Waals surface area contributed by atoms with Crippen molar-refractivity contribution < 1.29 is 14.3 Å². The second-order valence-electron chi connectivity index (χ2n) is 11.1. The second-order valence-corrected chi connectivity index (χ2v) is 11.1. The monoisotopic (exact) mass is 474 g/mol. The van der Waals surface area contributed by atoms with Crippen LogP contribution in [0.25, 0.3) is 11.0 Å². The molecule has 1 aromatic carbocycles. The molecule has 1 atom stereocenters. The number of benzene rings is 1. The molecule has 2 amide bonds. The number of fused-ring (bicyclic) bond motifs is 1. The lowest BCUT2D eigenvalue weighted by molar-refractivity contribution is -0.121. The molecule has 4 fully saturated rings. The summed E-state index contributed by atoms with van der Waals surface area (Å²) in [7, 11) is 1.55. The Bertz CT molecular complexity index is 1170. The largest absolute Gasteiger partial charge is 0.448 e. The number of alkyl carbamates (subject to hydrolysis) is 1. The van der Waals surface area contributed by atoms with Gasteiger partial charge in [0.05, 0.1) is 16.4 Å². The van der Waals surface area contributed by atoms with Crippen molar-refractivity contribution in [1.82, 2.24) is 15.3 Å². The van der Waals surface area contributed by atoms with E-state index in [1.54, 1.807) is 7.05 Å². The summed E-state index contributed by atoms with van der Waals surface area (Å²) in [4.78, 5) is 33.0. The van der Waals surface area contributed by atoms with E-state index in [1.165, 1.54) is 32.1 Å². The number of aromatic nitrogens is 2. The van der Waals surface area contributed by atoms with Crippen LogP contribution in [0.4, 0.5) is 10.5 Å². The molecule has 0 spiro atoms. The predicted molar refractivity (Wildman–Crippen MR) is 135 cm³/mol. The maximum absolute atomic E-state index is 13.0. The molecule has 184 valence electrons. The lowest BCUT2D eigenvalue weighted by atomic mass is 9.51. The van der Waals surface area contributed by atoms with Gasteiger partial charge in [-0.25, -0.2) is 9.78 Å². The Hall–Kier alpha value is -3.09. The van der Waals surface area contributed by atoms with Gasteiger partial charge in [0, 0.05) is 19.2 Å². The number of hydrogen-bond acceptors (Lipinski definition) is 4. The predicted octanol–water partition coefficient (Wildman–Crippen LogP) is 5.07. The Labute approximate surface area is 205 Å². The minimum atomic E-state index is -0.552. The van der Waals surface area contributed by atoms with Gasteiger partial charge in [0.25, 0.3) is 0 Å². The molecule has 5 aliphatic rings. The highest BCUT2D eigenvalue weighted by Gasteiger charge is 2.48. The van der Waals surface area contributed by atoms with Crippen LogP contribution >= 0.6 is 0 Å². The summed E-state index contributed by atoms with van der Waals surface area (Å²) in [5.41, 5.74) is 1.91. The molecule has 35 heavy (non-hydrogen) atoms. The molecule has 4 saturated carbocycles. The van der Waals surface area contributed by atoms with Gasteiger partial charge < -0.3 is 20.4 Å². The zero-order valence-electron chi connectivity index (χ0n) is 20.3. The number of H-pyrrole nitrogens is 1. The average molecular weight is 475 g/mol. The molecule has 1 heterocycles. The number of allylic oxidation sites excluding steroid dienone is 3. The van der Waals surface area contributed by atoms with Gasteiger partial charge >= 0.3 is 6.09 Å². The molecule has 7 rings (SSSR count). The van der Waals surface area contributed by atoms with Gasteiger partial charge in [0.15, 0.2) is 0 Å². The quantitative estimate of drug-likeness (QED) is 0.544. The van der Waals surface area contributed by atoms with Crippen molar-refractivity contribution in [1.29, 1.82) is 0 Å². The number of amides is 2. The molecule has 7 nitrogen and oxygen atoms in total. The minimum Gasteiger partial charge on any atom is -0.448 e. The number of ether oxygens (including phenoxy) is 1. The Morgan fingerprint density at radius 2 is 1.89 bits per heavy atom. The first-order valence-electron chi connectivity index (χ1n) is 13.0. The molecule has 5 aliphatic carbocycles. The number of carbonyl (C=O) groups is 2. The van der Waals surface area contributed by atoms with Crippen molar-refractivity contribution >= 4 is 28.7 Å². The van der Waals surface area contributed by atoms with Gasteiger partial charge in [-0.1, -0.05) is 24.3 Å². The third-order valence-electron chi connectivity index (χ3n) is 8.89. The first-order valence-corrected chi connectivity index (χ1v) is 13.0. The van der Waals surface area contributed by atoms with E-state index in [0.29, 0.717) is 18.8 Å². The summed E-state index contributed by atoms with van der Waals surface area (Å²) in [5, 5.41) is 5.65. The first-order chi connectivity index (χ1) is 17.0. The lowest BCUT2D eigenvalue weighted by Crippen LogP contribution is -2.46. The van der Waals surface area contributed by atoms with E-state index >= 15 is 0 Å². The van der Waals surface area contributed by atoms with Crippen molar-refractivity contribution in [3.8, 4) is 0 Å². The van der Waals surface area contributed by atoms with Crippen LogP contribution < -0.4 is 10.6 Å². The molecule has 0 radical (unpaired) electrons. The van der Waals surface area contributed by atoms with Gasteiger partial charge in [0.2, 0.25) is 5.91 Å². The third kappa shape index (κ3) is 4.26. The minimum absolute atomic E-state index is 0.123. The standard InChI is InChI=1S/C28H34N4O3/c1-29-27(34)35-16-28(7-3-2-4-8-28)26-31-23-6-5-21(14-24(23)32-26)30-25(33)15-22-19-10-17-9-18(12-19)13-20(22)11-17/h2-7,14,17-20,22H,8-13,15-16H2,1H3,(H,29,34)(H,30,33)(H,31,32)/t17?,18?,19?,20?,22?,28-/m1/s1. The van der Waals surface area contributed by atoms with E-state index < -0.39 is 11.5 Å². The zero-order valence-corrected chi connectivity index (χ0v) is 20.3. The van der Waals surface area contributed by atoms with E-state index in [-0.39, 0.29) is 12.5 Å². The number of carbonyl (C=O) groups excluding carboxylic acids is 2. The Morgan fingerprint density at radius 1 is 1.11 bits per heavy atom. The molecule has 1 aromatic heterocycles. The normalized spacial score (nSPS) is 32.7. The summed E-state index contributed by atoms with van der Waals surface area (Å²) in [6.07, 6.45) is 15.6. The number of anilines is 1. The van der Waals surface area contributed by atoms with E-state index in [2.05, 4.69) is 21.7 Å². The van der Waals surface area contributed by atoms with E-state index in [4.69, 9.17) is 9.72 Å². The molecule has 3 N–H and O–H groups in total. The molecule has 2 aromatic rings. The fraction of sp³-hybridized carbons (Fsp3) is 0.536. The van der Waals surface area contributed by atoms with Crippen LogP contribution in [0.15, 0.2) is 42.5 Å². The third-order valence-corrected chi connectivity index (χ3v) is 8.89. The smallest absolute Gasteiger partial charge is 0.406 e. The Kier molecular flexibility index (Phi) is 5.66. The molecular formula is C28H34N4O3. The fourth-order valence-corrected chi connectivity index (χ4v) is 7.40. The first kappa shape index (κ1) is 22.4. The number of nitrogens with one attached hydrogen (secondary N) is 3. The molecule has 0 unspecified atom stereocenters. The summed E-state index contributed by atoms with van der Waals surface area (Å²) >= 11 is 0. The van der Waals surface area contributed by atoms with Crippen molar-refractivity contribution in [3.05, 3.63) is 48.3 Å². The highest BCUT2D eigenvalue weighted by molar-refractivity contribution is 5.93. The van der Waals surface area contributed by atoms with Crippen molar-refractivity contribution in [2.75, 3.05) is 19.0 Å². The SMILES string of the molecule is CNC(=O)OC[C@@]1(c2nc3ccc(NC(=O)CC4C5CC6CC(C5)CC4C6)cc3[nH]2)C=CC=CC1. The van der Waals surface area contributed by atoms with Crippen LogP contribution in [0, 0.1) is 29.6 Å². The lowest BCUT2D eigenvalue weighted by Gasteiger charge is -2.54. The number of aromatic amines is 1. The van der Waals surface area contributed by atoms with Crippen LogP contribution in [-0.2, 0) is 14.9 Å². The van der Waals surface area contributed by atoms with Crippen LogP contribution in [0.5, 0.6) is 0 Å². The van der Waals surface area contributed by atoms with Crippen molar-refractivity contribution in [2.45, 2.75) is 50.4 Å². The second kappa shape index (κ2) is 8.85. The van der Waals surface area contributed by atoms with Gasteiger partial charge in [0.1, 0.15) is 12.4 Å². The maximum Gasteiger partial charge on any atom is 0.406 e. The molecule has 0 saturated heterocycles. The van der Waals surface area contributed by atoms with E-state index in [1.807, 2.05) is 36.4 Å². The number of rotatable bonds is 6. The molecule has 7 heteroatoms. The van der Waals surface area contributed by atoms with E-state index in [9.17, 15) is 9.59 Å².